The van der Waals surface area contributed by atoms with Gasteiger partial charge >= 0.3 is 6.18 Å². The van der Waals surface area contributed by atoms with Crippen LogP contribution in [0.25, 0.3) is 11.3 Å². The van der Waals surface area contributed by atoms with Crippen molar-refractivity contribution in [2.24, 2.45) is 0 Å². The number of aromatic nitrogens is 2. The lowest BCUT2D eigenvalue weighted by Crippen LogP contribution is -2.35. The van der Waals surface area contributed by atoms with Gasteiger partial charge in [-0.3, -0.25) is 0 Å². The van der Waals surface area contributed by atoms with Gasteiger partial charge in [-0.1, -0.05) is 11.6 Å². The van der Waals surface area contributed by atoms with Gasteiger partial charge in [0.1, 0.15) is 5.15 Å². The first-order valence-electron chi connectivity index (χ1n) is 7.82. The second-order valence-electron chi connectivity index (χ2n) is 6.50. The van der Waals surface area contributed by atoms with Gasteiger partial charge in [0.05, 0.1) is 11.3 Å². The average Bonchev–Trinajstić information content (AvgIpc) is 2.99. The normalized spacial score (nSPS) is 24.3. The molecule has 25 heavy (non-hydrogen) atoms. The molecule has 2 heterocycles. The van der Waals surface area contributed by atoms with Crippen molar-refractivity contribution in [3.05, 3.63) is 27.8 Å². The van der Waals surface area contributed by atoms with Gasteiger partial charge in [0, 0.05) is 28.9 Å². The van der Waals surface area contributed by atoms with Gasteiger partial charge in [-0.25, -0.2) is 9.97 Å². The number of anilines is 1. The van der Waals surface area contributed by atoms with E-state index in [1.165, 1.54) is 11.6 Å². The Morgan fingerprint density at radius 1 is 1.36 bits per heavy atom. The van der Waals surface area contributed by atoms with E-state index >= 15 is 0 Å². The highest BCUT2D eigenvalue weighted by Crippen LogP contribution is 2.37. The van der Waals surface area contributed by atoms with Gasteiger partial charge in [0.15, 0.2) is 5.01 Å². The van der Waals surface area contributed by atoms with Crippen LogP contribution in [0, 0.1) is 0 Å². The summed E-state index contributed by atoms with van der Waals surface area (Å²) in [5, 5.41) is 14.1. The number of alkyl halides is 3. The van der Waals surface area contributed by atoms with Crippen LogP contribution in [0.2, 0.25) is 5.15 Å². The molecule has 0 radical (unpaired) electrons. The zero-order valence-electron chi connectivity index (χ0n) is 13.4. The van der Waals surface area contributed by atoms with Crippen molar-refractivity contribution in [3.63, 3.8) is 0 Å². The van der Waals surface area contributed by atoms with Crippen LogP contribution in [-0.2, 0) is 6.18 Å². The minimum Gasteiger partial charge on any atom is -0.390 e. The van der Waals surface area contributed by atoms with Crippen LogP contribution >= 0.6 is 22.9 Å². The number of pyridine rings is 1. The first-order valence-corrected chi connectivity index (χ1v) is 9.07. The molecule has 136 valence electrons. The van der Waals surface area contributed by atoms with Crippen molar-refractivity contribution >= 4 is 28.6 Å². The van der Waals surface area contributed by atoms with Crippen LogP contribution in [0.4, 0.5) is 18.9 Å². The third kappa shape index (κ3) is 4.43. The van der Waals surface area contributed by atoms with Gasteiger partial charge in [-0.2, -0.15) is 13.2 Å². The molecule has 1 aliphatic rings. The molecule has 1 saturated carbocycles. The largest absolute Gasteiger partial charge is 0.443 e. The van der Waals surface area contributed by atoms with E-state index in [0.29, 0.717) is 35.4 Å². The predicted octanol–water partition coefficient (Wildman–Crippen LogP) is 4.98. The van der Waals surface area contributed by atoms with Gasteiger partial charge in [-0.15, -0.1) is 11.3 Å². The molecular weight excluding hydrogens is 375 g/mol. The summed E-state index contributed by atoms with van der Waals surface area (Å²) in [4.78, 5) is 7.66. The smallest absolute Gasteiger partial charge is 0.390 e. The fourth-order valence-electron chi connectivity index (χ4n) is 2.89. The van der Waals surface area contributed by atoms with Crippen molar-refractivity contribution in [3.8, 4) is 11.3 Å². The Bertz CT molecular complexity index is 753. The lowest BCUT2D eigenvalue weighted by Gasteiger charge is -2.34. The fourth-order valence-corrected chi connectivity index (χ4v) is 3.73. The van der Waals surface area contributed by atoms with Gasteiger partial charge in [0.2, 0.25) is 0 Å². The first kappa shape index (κ1) is 18.4. The molecule has 2 N–H and O–H groups in total. The van der Waals surface area contributed by atoms with E-state index in [-0.39, 0.29) is 16.9 Å². The summed E-state index contributed by atoms with van der Waals surface area (Å²) in [5.41, 5.74) is 0.638. The summed E-state index contributed by atoms with van der Waals surface area (Å²) in [6.45, 7) is 1.81. The minimum atomic E-state index is -4.47. The van der Waals surface area contributed by atoms with Gasteiger partial charge in [-0.05, 0) is 38.7 Å². The molecule has 3 rings (SSSR count). The number of nitrogens with zero attached hydrogens (tertiary/aromatic N) is 2. The van der Waals surface area contributed by atoms with E-state index in [1.54, 1.807) is 6.07 Å². The zero-order chi connectivity index (χ0) is 18.2. The predicted molar refractivity (Wildman–Crippen MR) is 91.9 cm³/mol. The Morgan fingerprint density at radius 2 is 2.04 bits per heavy atom. The number of hydrogen-bond donors (Lipinski definition) is 2. The quantitative estimate of drug-likeness (QED) is 0.724. The molecule has 9 heteroatoms. The van der Waals surface area contributed by atoms with Crippen LogP contribution in [0.3, 0.4) is 0 Å². The monoisotopic (exact) mass is 391 g/mol. The average molecular weight is 392 g/mol. The third-order valence-corrected chi connectivity index (χ3v) is 5.41. The molecule has 0 amide bonds. The van der Waals surface area contributed by atoms with Crippen molar-refractivity contribution in [1.82, 2.24) is 9.97 Å². The Hall–Kier alpha value is -1.38. The topological polar surface area (TPSA) is 58.0 Å². The first-order chi connectivity index (χ1) is 11.6. The number of rotatable bonds is 3. The lowest BCUT2D eigenvalue weighted by atomic mass is 9.83. The maximum atomic E-state index is 12.8. The number of thiazole rings is 1. The molecule has 2 aromatic rings. The Balaban J connectivity index is 1.85. The van der Waals surface area contributed by atoms with Crippen LogP contribution in [0.1, 0.15) is 37.6 Å². The molecule has 0 spiro atoms. The molecule has 1 aliphatic carbocycles. The number of hydrogen-bond acceptors (Lipinski definition) is 5. The standard InChI is InChI=1S/C16H17ClF3N3OS/c1-15(24)4-2-9(3-5-15)22-11-6-13(17)21-7-10(11)12-8-25-14(23-12)16(18,19)20/h6-9,24H,2-5H2,1H3,(H,21,22). The van der Waals surface area contributed by atoms with Crippen LogP contribution in [0.5, 0.6) is 0 Å². The second kappa shape index (κ2) is 6.74. The SMILES string of the molecule is CC1(O)CCC(Nc2cc(Cl)ncc2-c2csc(C(F)(F)F)n2)CC1. The number of nitrogens with one attached hydrogen (secondary N) is 1. The summed E-state index contributed by atoms with van der Waals surface area (Å²) >= 11 is 6.51. The van der Waals surface area contributed by atoms with E-state index < -0.39 is 16.8 Å². The number of halogens is 4. The van der Waals surface area contributed by atoms with Crippen LogP contribution in [0.15, 0.2) is 17.6 Å². The summed E-state index contributed by atoms with van der Waals surface area (Å²) < 4.78 is 38.4. The van der Waals surface area contributed by atoms with E-state index in [4.69, 9.17) is 11.6 Å². The molecule has 0 aliphatic heterocycles. The third-order valence-electron chi connectivity index (χ3n) is 4.32. The minimum absolute atomic E-state index is 0.109. The lowest BCUT2D eigenvalue weighted by molar-refractivity contribution is -0.137. The van der Waals surface area contributed by atoms with Crippen molar-refractivity contribution in [1.29, 1.82) is 0 Å². The highest BCUT2D eigenvalue weighted by atomic mass is 35.5. The zero-order valence-corrected chi connectivity index (χ0v) is 15.0. The summed E-state index contributed by atoms with van der Waals surface area (Å²) in [6, 6.07) is 1.70. The van der Waals surface area contributed by atoms with Crippen molar-refractivity contribution in [2.45, 2.75) is 50.4 Å². The molecule has 0 saturated heterocycles. The molecule has 0 bridgehead atoms. The Kier molecular flexibility index (Phi) is 4.96. The van der Waals surface area contributed by atoms with E-state index in [1.807, 2.05) is 6.92 Å². The van der Waals surface area contributed by atoms with E-state index in [0.717, 1.165) is 12.8 Å². The van der Waals surface area contributed by atoms with Crippen LogP contribution in [-0.4, -0.2) is 26.7 Å². The Labute approximate surface area is 152 Å². The molecule has 0 unspecified atom stereocenters. The highest BCUT2D eigenvalue weighted by Gasteiger charge is 2.35. The fraction of sp³-hybridized carbons (Fsp3) is 0.500. The maximum absolute atomic E-state index is 12.8. The molecule has 0 aromatic carbocycles. The van der Waals surface area contributed by atoms with Crippen molar-refractivity contribution in [2.75, 3.05) is 5.32 Å². The van der Waals surface area contributed by atoms with Crippen molar-refractivity contribution < 1.29 is 18.3 Å². The van der Waals surface area contributed by atoms with Gasteiger partial charge < -0.3 is 10.4 Å². The Morgan fingerprint density at radius 3 is 2.64 bits per heavy atom. The van der Waals surface area contributed by atoms with E-state index in [9.17, 15) is 18.3 Å². The number of aliphatic hydroxyl groups is 1. The summed E-state index contributed by atoms with van der Waals surface area (Å²) in [5.74, 6) is 0. The summed E-state index contributed by atoms with van der Waals surface area (Å²) in [6.07, 6.45) is -0.194. The van der Waals surface area contributed by atoms with Crippen LogP contribution < -0.4 is 5.32 Å². The van der Waals surface area contributed by atoms with Gasteiger partial charge in [0.25, 0.3) is 0 Å². The molecular formula is C16H17ClF3N3OS. The van der Waals surface area contributed by atoms with E-state index in [2.05, 4.69) is 15.3 Å². The highest BCUT2D eigenvalue weighted by molar-refractivity contribution is 7.10. The molecule has 2 aromatic heterocycles. The summed E-state index contributed by atoms with van der Waals surface area (Å²) in [7, 11) is 0. The maximum Gasteiger partial charge on any atom is 0.443 e. The molecule has 4 nitrogen and oxygen atoms in total. The molecule has 1 fully saturated rings. The second-order valence-corrected chi connectivity index (χ2v) is 7.75. The molecule has 0 atom stereocenters.